The first kappa shape index (κ1) is 55.8. The van der Waals surface area contributed by atoms with Gasteiger partial charge in [0.25, 0.3) is 5.91 Å². The number of halogens is 6. The molecule has 2 amide bonds. The van der Waals surface area contributed by atoms with Gasteiger partial charge in [-0.05, 0) is 55.1 Å². The number of likely N-dealkylation sites (tertiary alicyclic amines) is 1. The zero-order valence-corrected chi connectivity index (χ0v) is 39.9. The Kier molecular flexibility index (Phi) is 21.1. The van der Waals surface area contributed by atoms with Crippen molar-refractivity contribution < 1.29 is 70.3 Å². The number of thioether (sulfide) groups is 1. The summed E-state index contributed by atoms with van der Waals surface area (Å²) in [6, 6.07) is 12.1. The molecule has 2 fully saturated rings. The van der Waals surface area contributed by atoms with Crippen LogP contribution in [0.3, 0.4) is 0 Å². The summed E-state index contributed by atoms with van der Waals surface area (Å²) in [4.78, 5) is 69.8. The Balaban J connectivity index is 0.000000626. The van der Waals surface area contributed by atoms with Crippen LogP contribution in [0.1, 0.15) is 65.7 Å². The minimum atomic E-state index is -5.08. The van der Waals surface area contributed by atoms with Gasteiger partial charge in [0.15, 0.2) is 0 Å². The lowest BCUT2D eigenvalue weighted by atomic mass is 9.89. The molecule has 2 aliphatic heterocycles. The van der Waals surface area contributed by atoms with Gasteiger partial charge in [0.2, 0.25) is 5.91 Å². The standard InChI is InChI=1S/C39H52N6O6S3.2C2HF3O2/c1-27(2)36-41-31(25-53-36)37(48)45-18-20-51-39(26-45)11-15-44(16-12-39)24-28-5-4-6-30(23-28)52-22-21-50-19-10-33(47)43(3)17-14-40-13-9-29-7-8-32(46)34-35(29)54-38(49)42-34;2*3-2(4,5)1(6)7/h4-8,23,25,27,40,46H,9-22,24,26H2,1-3H3,(H,42,49);2*(H,6,7). The summed E-state index contributed by atoms with van der Waals surface area (Å²) < 4.78 is 76.4. The van der Waals surface area contributed by atoms with Gasteiger partial charge in [-0.2, -0.15) is 26.3 Å². The van der Waals surface area contributed by atoms with E-state index in [1.807, 2.05) is 23.4 Å². The fourth-order valence-electron chi connectivity index (χ4n) is 6.90. The Morgan fingerprint density at radius 1 is 1.01 bits per heavy atom. The normalized spacial score (nSPS) is 15.1. The SMILES string of the molecule is CC(C)c1nc(C(=O)N2CCOC3(CCN(Cc4cccc(SCCOCCC(=O)N(C)CCNCCc5ccc(O)c6[nH]c(=O)sc56)c4)CC3)C2)cs1.O=C(O)C(F)(F)F.O=C(O)C(F)(F)F. The first-order valence-corrected chi connectivity index (χ1v) is 23.9. The van der Waals surface area contributed by atoms with Crippen molar-refractivity contribution in [3.05, 3.63) is 73.3 Å². The number of aliphatic carboxylic acids is 2. The molecule has 2 aromatic carbocycles. The van der Waals surface area contributed by atoms with Crippen LogP contribution < -0.4 is 10.2 Å². The van der Waals surface area contributed by atoms with E-state index >= 15 is 0 Å². The van der Waals surface area contributed by atoms with Gasteiger partial charge in [0.1, 0.15) is 17.0 Å². The molecule has 0 saturated carbocycles. The van der Waals surface area contributed by atoms with Gasteiger partial charge < -0.3 is 44.9 Å². The largest absolute Gasteiger partial charge is 0.506 e. The molecule has 0 bridgehead atoms. The molecule has 2 aliphatic rings. The number of aromatic hydroxyl groups is 1. The Morgan fingerprint density at radius 2 is 1.69 bits per heavy atom. The number of carbonyl (C=O) groups excluding carboxylic acids is 2. The number of phenolic OH excluding ortho intramolecular Hbond substituents is 1. The highest BCUT2D eigenvalue weighted by Crippen LogP contribution is 2.33. The number of phenols is 1. The molecular weight excluding hydrogens is 971 g/mol. The monoisotopic (exact) mass is 1020 g/mol. The van der Waals surface area contributed by atoms with Gasteiger partial charge in [-0.15, -0.1) is 23.1 Å². The molecule has 0 atom stereocenters. The number of nitrogens with one attached hydrogen (secondary N) is 2. The van der Waals surface area contributed by atoms with Gasteiger partial charge in [0, 0.05) is 68.3 Å². The average Bonchev–Trinajstić information content (AvgIpc) is 3.94. The van der Waals surface area contributed by atoms with Gasteiger partial charge in [-0.3, -0.25) is 19.3 Å². The van der Waals surface area contributed by atoms with Crippen molar-refractivity contribution in [3.8, 4) is 5.75 Å². The number of nitrogens with zero attached hydrogens (tertiary/aromatic N) is 4. The van der Waals surface area contributed by atoms with Gasteiger partial charge in [0.05, 0.1) is 48.1 Å². The van der Waals surface area contributed by atoms with E-state index in [0.717, 1.165) is 64.8 Å². The van der Waals surface area contributed by atoms with Crippen LogP contribution in [0, 0.1) is 0 Å². The number of carboxylic acids is 2. The van der Waals surface area contributed by atoms with Crippen LogP contribution in [0.25, 0.3) is 10.2 Å². The van der Waals surface area contributed by atoms with E-state index < -0.39 is 24.3 Å². The number of H-pyrrole nitrogens is 1. The van der Waals surface area contributed by atoms with Crippen LogP contribution in [-0.4, -0.2) is 160 Å². The summed E-state index contributed by atoms with van der Waals surface area (Å²) >= 11 is 4.43. The van der Waals surface area contributed by atoms with E-state index in [4.69, 9.17) is 29.3 Å². The number of piperidine rings is 1. The van der Waals surface area contributed by atoms with Crippen molar-refractivity contribution in [2.24, 2.45) is 0 Å². The molecule has 4 aromatic rings. The number of ether oxygens (including phenoxy) is 2. The molecule has 68 heavy (non-hydrogen) atoms. The topological polar surface area (TPSA) is 215 Å². The smallest absolute Gasteiger partial charge is 0.490 e. The first-order chi connectivity index (χ1) is 32.0. The third-order valence-corrected chi connectivity index (χ3v) is 13.6. The fourth-order valence-corrected chi connectivity index (χ4v) is 9.46. The Labute approximate surface area is 399 Å². The highest BCUT2D eigenvalue weighted by Gasteiger charge is 2.42. The molecule has 5 N–H and O–H groups in total. The number of rotatable bonds is 17. The number of thiazole rings is 2. The van der Waals surface area contributed by atoms with Gasteiger partial charge >= 0.3 is 29.2 Å². The van der Waals surface area contributed by atoms with Gasteiger partial charge in [-0.25, -0.2) is 14.6 Å². The molecule has 376 valence electrons. The zero-order valence-electron chi connectivity index (χ0n) is 37.4. The van der Waals surface area contributed by atoms with E-state index in [1.54, 1.807) is 34.1 Å². The van der Waals surface area contributed by atoms with Crippen LogP contribution in [0.15, 0.2) is 51.5 Å². The quantitative estimate of drug-likeness (QED) is 0.0438. The Bertz CT molecular complexity index is 2330. The van der Waals surface area contributed by atoms with Crippen molar-refractivity contribution in [2.45, 2.75) is 74.8 Å². The first-order valence-electron chi connectivity index (χ1n) is 21.3. The minimum absolute atomic E-state index is 0.0192. The van der Waals surface area contributed by atoms with Crippen LogP contribution >= 0.6 is 34.4 Å². The van der Waals surface area contributed by atoms with E-state index in [1.165, 1.54) is 10.5 Å². The summed E-state index contributed by atoms with van der Waals surface area (Å²) in [5.41, 5.74) is 3.05. The lowest BCUT2D eigenvalue weighted by molar-refractivity contribution is -0.193. The number of alkyl halides is 6. The number of benzene rings is 2. The zero-order chi connectivity index (χ0) is 50.2. The summed E-state index contributed by atoms with van der Waals surface area (Å²) in [6.45, 7) is 11.6. The second-order valence-corrected chi connectivity index (χ2v) is 19.0. The molecule has 6 rings (SSSR count). The summed E-state index contributed by atoms with van der Waals surface area (Å²) in [6.07, 6.45) is -7.31. The molecule has 0 radical (unpaired) electrons. The van der Waals surface area contributed by atoms with E-state index in [-0.39, 0.29) is 28.0 Å². The molecule has 0 aliphatic carbocycles. The van der Waals surface area contributed by atoms with Crippen molar-refractivity contribution in [1.82, 2.24) is 30.0 Å². The molecular formula is C43H54F6N6O10S3. The molecule has 2 aromatic heterocycles. The van der Waals surface area contributed by atoms with E-state index in [0.29, 0.717) is 82.5 Å². The predicted molar refractivity (Wildman–Crippen MR) is 244 cm³/mol. The van der Waals surface area contributed by atoms with Crippen LogP contribution in [-0.2, 0) is 36.8 Å². The molecule has 2 saturated heterocycles. The second kappa shape index (κ2) is 25.7. The van der Waals surface area contributed by atoms with Crippen molar-refractivity contribution in [3.63, 3.8) is 0 Å². The highest BCUT2D eigenvalue weighted by atomic mass is 32.2. The number of aromatic amines is 1. The van der Waals surface area contributed by atoms with E-state index in [2.05, 4.69) is 58.3 Å². The Morgan fingerprint density at radius 3 is 2.32 bits per heavy atom. The number of amides is 2. The molecule has 25 heteroatoms. The number of fused-ring (bicyclic) bond motifs is 1. The number of likely N-dealkylation sites (N-methyl/N-ethyl adjacent to an activating group) is 1. The van der Waals surface area contributed by atoms with Crippen molar-refractivity contribution >= 4 is 68.4 Å². The van der Waals surface area contributed by atoms with Crippen molar-refractivity contribution in [1.29, 1.82) is 0 Å². The molecule has 16 nitrogen and oxygen atoms in total. The average molecular weight is 1030 g/mol. The lowest BCUT2D eigenvalue weighted by Crippen LogP contribution is -2.58. The second-order valence-electron chi connectivity index (χ2n) is 16.0. The van der Waals surface area contributed by atoms with E-state index in [9.17, 15) is 45.8 Å². The van der Waals surface area contributed by atoms with Crippen LogP contribution in [0.5, 0.6) is 5.75 Å². The summed E-state index contributed by atoms with van der Waals surface area (Å²) in [5, 5.41) is 30.5. The lowest BCUT2D eigenvalue weighted by Gasteiger charge is -2.47. The summed E-state index contributed by atoms with van der Waals surface area (Å²) in [5.74, 6) is -4.23. The Hall–Kier alpha value is -4.79. The number of hydrogen-bond acceptors (Lipinski definition) is 14. The summed E-state index contributed by atoms with van der Waals surface area (Å²) in [7, 11) is 1.81. The molecule has 1 spiro atoms. The van der Waals surface area contributed by atoms with Crippen LogP contribution in [0.2, 0.25) is 0 Å². The van der Waals surface area contributed by atoms with Gasteiger partial charge in [-0.1, -0.05) is 43.4 Å². The maximum absolute atomic E-state index is 13.3. The third kappa shape index (κ3) is 17.6. The fraction of sp³-hybridized carbons (Fsp3) is 0.535. The minimum Gasteiger partial charge on any atom is -0.506 e. The maximum Gasteiger partial charge on any atom is 0.490 e. The number of carbonyl (C=O) groups is 4. The van der Waals surface area contributed by atoms with Crippen molar-refractivity contribution in [2.75, 3.05) is 78.4 Å². The third-order valence-electron chi connectivity index (χ3n) is 10.5. The number of carboxylic acid groups (broad SMARTS) is 2. The number of aromatic nitrogens is 2. The predicted octanol–water partition coefficient (Wildman–Crippen LogP) is 6.44. The number of hydrogen-bond donors (Lipinski definition) is 5. The molecule has 4 heterocycles. The van der Waals surface area contributed by atoms with Crippen LogP contribution in [0.4, 0.5) is 26.3 Å². The highest BCUT2D eigenvalue weighted by molar-refractivity contribution is 7.99. The molecule has 0 unspecified atom stereocenters. The maximum atomic E-state index is 13.3. The number of morpholine rings is 1.